The summed E-state index contributed by atoms with van der Waals surface area (Å²) < 4.78 is 22.2. The molecule has 0 atom stereocenters. The van der Waals surface area contributed by atoms with Gasteiger partial charge in [-0.1, -0.05) is 6.92 Å². The third kappa shape index (κ3) is 1.86. The maximum atomic E-state index is 11.1. The second kappa shape index (κ2) is 3.32. The molecule has 2 rings (SSSR count). The van der Waals surface area contributed by atoms with Crippen LogP contribution in [0, 0.1) is 0 Å². The van der Waals surface area contributed by atoms with Crippen molar-refractivity contribution in [2.24, 2.45) is 5.14 Å². The fourth-order valence-corrected chi connectivity index (χ4v) is 1.93. The molecular weight excluding hydrogens is 214 g/mol. The molecule has 0 unspecified atom stereocenters. The van der Waals surface area contributed by atoms with Gasteiger partial charge < -0.3 is 4.98 Å². The van der Waals surface area contributed by atoms with Gasteiger partial charge in [0.1, 0.15) is 5.82 Å². The summed E-state index contributed by atoms with van der Waals surface area (Å²) in [6.45, 7) is 1.97. The van der Waals surface area contributed by atoms with Crippen LogP contribution in [0.1, 0.15) is 12.7 Å². The Balaban J connectivity index is 2.66. The zero-order valence-corrected chi connectivity index (χ0v) is 9.00. The molecule has 5 nitrogen and oxygen atoms in total. The van der Waals surface area contributed by atoms with E-state index in [9.17, 15) is 8.42 Å². The molecule has 0 aliphatic carbocycles. The SMILES string of the molecule is CCc1nc2ccc(S(N)(=O)=O)cc2[nH]1. The summed E-state index contributed by atoms with van der Waals surface area (Å²) in [4.78, 5) is 7.39. The highest BCUT2D eigenvalue weighted by molar-refractivity contribution is 7.89. The van der Waals surface area contributed by atoms with Crippen LogP contribution in [-0.2, 0) is 16.4 Å². The fourth-order valence-electron chi connectivity index (χ4n) is 1.39. The van der Waals surface area contributed by atoms with Crippen molar-refractivity contribution in [1.29, 1.82) is 0 Å². The van der Waals surface area contributed by atoms with Crippen LogP contribution in [0.2, 0.25) is 0 Å². The van der Waals surface area contributed by atoms with Crippen LogP contribution >= 0.6 is 0 Å². The largest absolute Gasteiger partial charge is 0.342 e. The molecule has 6 heteroatoms. The first-order chi connectivity index (χ1) is 7.00. The second-order valence-corrected chi connectivity index (χ2v) is 4.82. The van der Waals surface area contributed by atoms with E-state index in [-0.39, 0.29) is 4.90 Å². The molecule has 0 amide bonds. The number of sulfonamides is 1. The van der Waals surface area contributed by atoms with Crippen molar-refractivity contribution in [3.63, 3.8) is 0 Å². The van der Waals surface area contributed by atoms with Crippen LogP contribution in [0.5, 0.6) is 0 Å². The lowest BCUT2D eigenvalue weighted by Gasteiger charge is -1.96. The molecule has 1 aromatic carbocycles. The number of nitrogens with zero attached hydrogens (tertiary/aromatic N) is 1. The standard InChI is InChI=1S/C9H11N3O2S/c1-2-9-11-7-4-3-6(15(10,13)14)5-8(7)12-9/h3-5H,2H2,1H3,(H,11,12)(H2,10,13,14). The van der Waals surface area contributed by atoms with Crippen LogP contribution in [0.3, 0.4) is 0 Å². The summed E-state index contributed by atoms with van der Waals surface area (Å²) in [5, 5.41) is 5.03. The van der Waals surface area contributed by atoms with Crippen LogP contribution in [0.4, 0.5) is 0 Å². The summed E-state index contributed by atoms with van der Waals surface area (Å²) in [5.41, 5.74) is 1.44. The van der Waals surface area contributed by atoms with Gasteiger partial charge in [0.2, 0.25) is 10.0 Å². The quantitative estimate of drug-likeness (QED) is 0.791. The summed E-state index contributed by atoms with van der Waals surface area (Å²) in [6, 6.07) is 4.60. The molecular formula is C9H11N3O2S. The molecule has 0 aliphatic rings. The van der Waals surface area contributed by atoms with Crippen molar-refractivity contribution >= 4 is 21.1 Å². The summed E-state index contributed by atoms with van der Waals surface area (Å²) in [6.07, 6.45) is 0.777. The lowest BCUT2D eigenvalue weighted by molar-refractivity contribution is 0.598. The Morgan fingerprint density at radius 2 is 2.20 bits per heavy atom. The van der Waals surface area contributed by atoms with Crippen molar-refractivity contribution in [3.05, 3.63) is 24.0 Å². The zero-order chi connectivity index (χ0) is 11.1. The fraction of sp³-hybridized carbons (Fsp3) is 0.222. The van der Waals surface area contributed by atoms with E-state index in [1.54, 1.807) is 6.07 Å². The number of hydrogen-bond acceptors (Lipinski definition) is 3. The second-order valence-electron chi connectivity index (χ2n) is 3.26. The molecule has 0 saturated heterocycles. The Kier molecular flexibility index (Phi) is 2.24. The van der Waals surface area contributed by atoms with E-state index in [1.165, 1.54) is 12.1 Å². The monoisotopic (exact) mass is 225 g/mol. The number of H-pyrrole nitrogens is 1. The van der Waals surface area contributed by atoms with E-state index in [0.29, 0.717) is 5.52 Å². The van der Waals surface area contributed by atoms with Gasteiger partial charge in [-0.05, 0) is 18.2 Å². The average Bonchev–Trinajstić information content (AvgIpc) is 2.57. The number of nitrogens with two attached hydrogens (primary N) is 1. The number of aryl methyl sites for hydroxylation is 1. The normalized spacial score (nSPS) is 12.1. The molecule has 0 bridgehead atoms. The van der Waals surface area contributed by atoms with Crippen molar-refractivity contribution in [2.45, 2.75) is 18.2 Å². The lowest BCUT2D eigenvalue weighted by Crippen LogP contribution is -2.11. The molecule has 2 aromatic rings. The molecule has 0 aliphatic heterocycles. The van der Waals surface area contributed by atoms with Gasteiger partial charge >= 0.3 is 0 Å². The van der Waals surface area contributed by atoms with Gasteiger partial charge in [-0.3, -0.25) is 0 Å². The third-order valence-electron chi connectivity index (χ3n) is 2.17. The Hall–Kier alpha value is -1.40. The molecule has 3 N–H and O–H groups in total. The van der Waals surface area contributed by atoms with E-state index in [0.717, 1.165) is 17.8 Å². The van der Waals surface area contributed by atoms with E-state index in [2.05, 4.69) is 9.97 Å². The van der Waals surface area contributed by atoms with Crippen molar-refractivity contribution in [2.75, 3.05) is 0 Å². The maximum Gasteiger partial charge on any atom is 0.238 e. The maximum absolute atomic E-state index is 11.1. The first kappa shape index (κ1) is 10.1. The van der Waals surface area contributed by atoms with Gasteiger partial charge in [-0.15, -0.1) is 0 Å². The number of imidazole rings is 1. The van der Waals surface area contributed by atoms with Crippen molar-refractivity contribution in [3.8, 4) is 0 Å². The average molecular weight is 225 g/mol. The van der Waals surface area contributed by atoms with E-state index >= 15 is 0 Å². The molecule has 1 heterocycles. The number of hydrogen-bond donors (Lipinski definition) is 2. The number of rotatable bonds is 2. The lowest BCUT2D eigenvalue weighted by atomic mass is 10.3. The van der Waals surface area contributed by atoms with Gasteiger partial charge in [0.25, 0.3) is 0 Å². The highest BCUT2D eigenvalue weighted by atomic mass is 32.2. The van der Waals surface area contributed by atoms with Crippen LogP contribution < -0.4 is 5.14 Å². The van der Waals surface area contributed by atoms with E-state index < -0.39 is 10.0 Å². The Morgan fingerprint density at radius 1 is 1.47 bits per heavy atom. The van der Waals surface area contributed by atoms with Crippen molar-refractivity contribution in [1.82, 2.24) is 9.97 Å². The number of primary sulfonamides is 1. The van der Waals surface area contributed by atoms with E-state index in [4.69, 9.17) is 5.14 Å². The predicted molar refractivity (Wildman–Crippen MR) is 56.8 cm³/mol. The van der Waals surface area contributed by atoms with Gasteiger partial charge in [0, 0.05) is 6.42 Å². The molecule has 1 aromatic heterocycles. The molecule has 15 heavy (non-hydrogen) atoms. The summed E-state index contributed by atoms with van der Waals surface area (Å²) in [5.74, 6) is 0.830. The number of aromatic amines is 1. The number of benzene rings is 1. The van der Waals surface area contributed by atoms with Crippen LogP contribution in [-0.4, -0.2) is 18.4 Å². The number of fused-ring (bicyclic) bond motifs is 1. The topological polar surface area (TPSA) is 88.8 Å². The Morgan fingerprint density at radius 3 is 2.80 bits per heavy atom. The van der Waals surface area contributed by atoms with Crippen molar-refractivity contribution < 1.29 is 8.42 Å². The first-order valence-electron chi connectivity index (χ1n) is 4.52. The smallest absolute Gasteiger partial charge is 0.238 e. The van der Waals surface area contributed by atoms with Crippen LogP contribution in [0.25, 0.3) is 11.0 Å². The number of nitrogens with one attached hydrogen (secondary N) is 1. The minimum absolute atomic E-state index is 0.0984. The van der Waals surface area contributed by atoms with Gasteiger partial charge in [-0.25, -0.2) is 18.5 Å². The molecule has 0 fully saturated rings. The van der Waals surface area contributed by atoms with Crippen LogP contribution in [0.15, 0.2) is 23.1 Å². The van der Waals surface area contributed by atoms with E-state index in [1.807, 2.05) is 6.92 Å². The molecule has 0 saturated carbocycles. The zero-order valence-electron chi connectivity index (χ0n) is 8.19. The molecule has 0 spiro atoms. The molecule has 80 valence electrons. The van der Waals surface area contributed by atoms with Gasteiger partial charge in [0.05, 0.1) is 15.9 Å². The van der Waals surface area contributed by atoms with Gasteiger partial charge in [0.15, 0.2) is 0 Å². The summed E-state index contributed by atoms with van der Waals surface area (Å²) >= 11 is 0. The van der Waals surface area contributed by atoms with Gasteiger partial charge in [-0.2, -0.15) is 0 Å². The minimum Gasteiger partial charge on any atom is -0.342 e. The third-order valence-corrected chi connectivity index (χ3v) is 3.08. The first-order valence-corrected chi connectivity index (χ1v) is 6.07. The number of aromatic nitrogens is 2. The Bertz CT molecular complexity index is 601. The highest BCUT2D eigenvalue weighted by Gasteiger charge is 2.09. The Labute approximate surface area is 87.4 Å². The minimum atomic E-state index is -3.64. The summed E-state index contributed by atoms with van der Waals surface area (Å²) in [7, 11) is -3.64. The predicted octanol–water partition coefficient (Wildman–Crippen LogP) is 0.773. The highest BCUT2D eigenvalue weighted by Crippen LogP contribution is 2.16. The molecule has 0 radical (unpaired) electrons.